The molecule has 0 unspecified atom stereocenters. The molecule has 0 heterocycles. The van der Waals surface area contributed by atoms with Gasteiger partial charge in [0.15, 0.2) is 0 Å². The first-order valence-corrected chi connectivity index (χ1v) is 4.42. The molecule has 0 rings (SSSR count). The molecule has 0 aliphatic rings. The van der Waals surface area contributed by atoms with Gasteiger partial charge in [-0.25, -0.2) is 0 Å². The number of rotatable bonds is 5. The molecule has 0 fully saturated rings. The van der Waals surface area contributed by atoms with Crippen molar-refractivity contribution in [1.82, 2.24) is 0 Å². The molecule has 0 amide bonds. The summed E-state index contributed by atoms with van der Waals surface area (Å²) in [7, 11) is 0. The molecule has 0 aromatic rings. The van der Waals surface area contributed by atoms with Gasteiger partial charge in [-0.1, -0.05) is 0 Å². The third-order valence-electron chi connectivity index (χ3n) is 1.09. The van der Waals surface area contributed by atoms with Crippen LogP contribution in [0.3, 0.4) is 0 Å². The predicted octanol–water partition coefficient (Wildman–Crippen LogP) is 2.65. The van der Waals surface area contributed by atoms with E-state index >= 15 is 0 Å². The van der Waals surface area contributed by atoms with Crippen molar-refractivity contribution in [3.05, 3.63) is 0 Å². The fourth-order valence-corrected chi connectivity index (χ4v) is 1.26. The normalized spacial score (nSPS) is 11.5. The summed E-state index contributed by atoms with van der Waals surface area (Å²) in [5.41, 5.74) is 0. The van der Waals surface area contributed by atoms with E-state index in [1.54, 1.807) is 0 Å². The van der Waals surface area contributed by atoms with Crippen molar-refractivity contribution in [2.24, 2.45) is 0 Å². The molecule has 0 aliphatic carbocycles. The van der Waals surface area contributed by atoms with E-state index in [2.05, 4.69) is 0 Å². The summed E-state index contributed by atoms with van der Waals surface area (Å²) >= 11 is 16.7. The zero-order valence-corrected chi connectivity index (χ0v) is 8.09. The first kappa shape index (κ1) is 11.3. The van der Waals surface area contributed by atoms with E-state index in [9.17, 15) is 4.79 Å². The lowest BCUT2D eigenvalue weighted by atomic mass is 10.2. The van der Waals surface area contributed by atoms with Crippen LogP contribution in [0.25, 0.3) is 0 Å². The number of carboxylic acid groups (broad SMARTS) is 1. The summed E-state index contributed by atoms with van der Waals surface area (Å²) in [6.07, 6.45) is 0.792. The lowest BCUT2D eigenvalue weighted by Gasteiger charge is -2.15. The first-order valence-electron chi connectivity index (χ1n) is 3.13. The van der Waals surface area contributed by atoms with E-state index < -0.39 is 10.3 Å². The van der Waals surface area contributed by atoms with E-state index in [1.807, 2.05) is 0 Å². The number of carbonyl (C=O) groups is 1. The Labute approximate surface area is 80.4 Å². The van der Waals surface area contributed by atoms with Crippen LogP contribution in [0.1, 0.15) is 19.3 Å². The molecule has 2 nitrogen and oxygen atoms in total. The second-order valence-electron chi connectivity index (χ2n) is 2.22. The molecule has 0 aromatic heterocycles. The van der Waals surface area contributed by atoms with Gasteiger partial charge in [0.2, 0.25) is 0 Å². The highest BCUT2D eigenvalue weighted by Crippen LogP contribution is 2.30. The maximum atomic E-state index is 10.2. The van der Waals surface area contributed by atoms with Gasteiger partial charge in [-0.05, 0) is 12.8 Å². The second-order valence-corrected chi connectivity index (χ2v) is 4.24. The minimum Gasteiger partial charge on any atom is -0.481 e. The summed E-state index contributed by atoms with van der Waals surface area (Å²) in [6.45, 7) is 0. The molecule has 0 atom stereocenters. The molecular weight excluding hydrogens is 210 g/mol. The Morgan fingerprint density at radius 2 is 2.00 bits per heavy atom. The Morgan fingerprint density at radius 3 is 2.36 bits per heavy atom. The Kier molecular flexibility index (Phi) is 5.23. The second kappa shape index (κ2) is 5.07. The summed E-state index contributed by atoms with van der Waals surface area (Å²) in [6, 6.07) is 0. The molecule has 0 aliphatic heterocycles. The van der Waals surface area contributed by atoms with Gasteiger partial charge in [0.05, 0.1) is 6.42 Å². The van der Waals surface area contributed by atoms with E-state index in [0.29, 0.717) is 18.7 Å². The molecule has 0 bridgehead atoms. The molecular formula is C6H9Cl3O2. The molecule has 11 heavy (non-hydrogen) atoms. The van der Waals surface area contributed by atoms with Crippen molar-refractivity contribution >= 4 is 40.8 Å². The van der Waals surface area contributed by atoms with Crippen LogP contribution in [0.5, 0.6) is 0 Å². The average molecular weight is 219 g/mol. The first-order chi connectivity index (χ1) is 4.98. The number of halogens is 3. The van der Waals surface area contributed by atoms with Crippen molar-refractivity contribution in [2.45, 2.75) is 23.6 Å². The van der Waals surface area contributed by atoms with Crippen LogP contribution >= 0.6 is 34.8 Å². The average Bonchev–Trinajstić information content (AvgIpc) is 1.81. The summed E-state index contributed by atoms with van der Waals surface area (Å²) < 4.78 is -1.17. The Morgan fingerprint density at radius 1 is 1.45 bits per heavy atom. The zero-order chi connectivity index (χ0) is 8.91. The number of hydrogen-bond donors (Lipinski definition) is 1. The van der Waals surface area contributed by atoms with Crippen LogP contribution in [-0.2, 0) is 4.79 Å². The van der Waals surface area contributed by atoms with E-state index in [4.69, 9.17) is 39.9 Å². The van der Waals surface area contributed by atoms with E-state index in [0.717, 1.165) is 0 Å². The van der Waals surface area contributed by atoms with Gasteiger partial charge in [-0.15, -0.1) is 34.8 Å². The van der Waals surface area contributed by atoms with Crippen molar-refractivity contribution in [2.75, 3.05) is 5.88 Å². The van der Waals surface area contributed by atoms with Gasteiger partial charge in [-0.2, -0.15) is 0 Å². The Hall–Kier alpha value is 0.340. The van der Waals surface area contributed by atoms with Gasteiger partial charge in [0, 0.05) is 5.88 Å². The molecule has 0 spiro atoms. The van der Waals surface area contributed by atoms with Crippen molar-refractivity contribution in [3.8, 4) is 0 Å². The molecule has 5 heteroatoms. The minimum absolute atomic E-state index is 0.243. The van der Waals surface area contributed by atoms with Gasteiger partial charge in [-0.3, -0.25) is 4.79 Å². The lowest BCUT2D eigenvalue weighted by molar-refractivity contribution is -0.137. The maximum Gasteiger partial charge on any atom is 0.306 e. The standard InChI is InChI=1S/C6H9Cl3O2/c7-3-1-2-6(8,9)4-5(10)11/h1-4H2,(H,10,11). The molecule has 0 radical (unpaired) electrons. The van der Waals surface area contributed by atoms with Crippen LogP contribution in [-0.4, -0.2) is 21.3 Å². The van der Waals surface area contributed by atoms with Crippen LogP contribution in [0, 0.1) is 0 Å². The van der Waals surface area contributed by atoms with Crippen LogP contribution in [0.15, 0.2) is 0 Å². The van der Waals surface area contributed by atoms with E-state index in [-0.39, 0.29) is 6.42 Å². The third kappa shape index (κ3) is 6.73. The molecule has 0 aromatic carbocycles. The maximum absolute atomic E-state index is 10.2. The number of hydrogen-bond acceptors (Lipinski definition) is 1. The van der Waals surface area contributed by atoms with Crippen molar-refractivity contribution < 1.29 is 9.90 Å². The minimum atomic E-state index is -1.17. The lowest BCUT2D eigenvalue weighted by Crippen LogP contribution is -2.18. The van der Waals surface area contributed by atoms with Crippen LogP contribution in [0.4, 0.5) is 0 Å². The summed E-state index contributed by atoms with van der Waals surface area (Å²) in [5, 5.41) is 8.35. The SMILES string of the molecule is O=C(O)CC(Cl)(Cl)CCCCl. The third-order valence-corrected chi connectivity index (χ3v) is 2.00. The molecule has 1 N–H and O–H groups in total. The van der Waals surface area contributed by atoms with Crippen LogP contribution in [0.2, 0.25) is 0 Å². The Balaban J connectivity index is 3.70. The highest BCUT2D eigenvalue weighted by Gasteiger charge is 2.26. The van der Waals surface area contributed by atoms with Crippen LogP contribution < -0.4 is 0 Å². The molecule has 0 saturated carbocycles. The highest BCUT2D eigenvalue weighted by atomic mass is 35.5. The van der Waals surface area contributed by atoms with Gasteiger partial charge < -0.3 is 5.11 Å². The number of aliphatic carboxylic acids is 1. The monoisotopic (exact) mass is 218 g/mol. The summed E-state index contributed by atoms with van der Waals surface area (Å²) in [4.78, 5) is 10.2. The fraction of sp³-hybridized carbons (Fsp3) is 0.833. The molecule has 0 saturated heterocycles. The Bertz CT molecular complexity index is 136. The van der Waals surface area contributed by atoms with Gasteiger partial charge in [0.1, 0.15) is 4.33 Å². The fourth-order valence-electron chi connectivity index (χ4n) is 0.635. The predicted molar refractivity (Wildman–Crippen MR) is 46.6 cm³/mol. The van der Waals surface area contributed by atoms with E-state index in [1.165, 1.54) is 0 Å². The zero-order valence-electron chi connectivity index (χ0n) is 5.82. The van der Waals surface area contributed by atoms with Gasteiger partial charge in [0.25, 0.3) is 0 Å². The van der Waals surface area contributed by atoms with Crippen molar-refractivity contribution in [1.29, 1.82) is 0 Å². The molecule has 66 valence electrons. The smallest absolute Gasteiger partial charge is 0.306 e. The summed E-state index contributed by atoms with van der Waals surface area (Å²) in [5.74, 6) is -0.551. The topological polar surface area (TPSA) is 37.3 Å². The van der Waals surface area contributed by atoms with Crippen molar-refractivity contribution in [3.63, 3.8) is 0 Å². The highest BCUT2D eigenvalue weighted by molar-refractivity contribution is 6.49. The quantitative estimate of drug-likeness (QED) is 0.722. The number of alkyl halides is 3. The largest absolute Gasteiger partial charge is 0.481 e. The van der Waals surface area contributed by atoms with Gasteiger partial charge >= 0.3 is 5.97 Å². The number of carboxylic acids is 1.